The van der Waals surface area contributed by atoms with E-state index in [1.54, 1.807) is 25.4 Å². The van der Waals surface area contributed by atoms with Crippen molar-refractivity contribution in [3.8, 4) is 11.5 Å². The number of guanidine groups is 1. The Hall–Kier alpha value is -2.37. The van der Waals surface area contributed by atoms with Crippen molar-refractivity contribution in [1.82, 2.24) is 15.6 Å². The quantitative estimate of drug-likeness (QED) is 0.643. The summed E-state index contributed by atoms with van der Waals surface area (Å²) in [6.45, 7) is 0.724. The molecule has 1 saturated carbocycles. The molecule has 2 aromatic rings. The number of nitrogens with zero attached hydrogens (tertiary/aromatic N) is 2. The monoisotopic (exact) mass is 344 g/mol. The van der Waals surface area contributed by atoms with Crippen LogP contribution in [-0.2, 0) is 6.42 Å². The summed E-state index contributed by atoms with van der Waals surface area (Å²) in [6.07, 6.45) is 8.73. The average Bonchev–Trinajstić information content (AvgIpc) is 3.11. The first-order valence-electron chi connectivity index (χ1n) is 8.92. The molecular weight excluding hydrogens is 319 g/mol. The van der Waals surface area contributed by atoms with Gasteiger partial charge in [-0.25, -0.2) is 9.37 Å². The van der Waals surface area contributed by atoms with E-state index in [1.807, 2.05) is 0 Å². The Labute approximate surface area is 147 Å². The molecule has 2 N–H and O–H groups in total. The molecule has 0 aliphatic heterocycles. The van der Waals surface area contributed by atoms with Crippen LogP contribution in [-0.4, -0.2) is 30.6 Å². The Morgan fingerprint density at radius 2 is 2.00 bits per heavy atom. The Morgan fingerprint density at radius 1 is 1.24 bits per heavy atom. The number of hydrogen-bond acceptors (Lipinski definition) is 3. The van der Waals surface area contributed by atoms with Gasteiger partial charge in [-0.1, -0.05) is 19.3 Å². The zero-order valence-corrected chi connectivity index (χ0v) is 14.6. The first-order valence-corrected chi connectivity index (χ1v) is 8.92. The predicted molar refractivity (Wildman–Crippen MR) is 97.0 cm³/mol. The van der Waals surface area contributed by atoms with Crippen molar-refractivity contribution in [3.05, 3.63) is 42.0 Å². The zero-order chi connectivity index (χ0) is 17.5. The molecule has 0 bridgehead atoms. The van der Waals surface area contributed by atoms with Gasteiger partial charge in [0.25, 0.3) is 0 Å². The standard InChI is InChI=1S/C19H25FN4O/c1-21-19(24-16-5-3-2-4-6-16)22-12-11-17-13-25-18(23-17)14-7-9-15(20)10-8-14/h7-10,13,16H,2-6,11-12H2,1H3,(H2,21,22,24). The molecule has 1 fully saturated rings. The second-order valence-corrected chi connectivity index (χ2v) is 6.38. The highest BCUT2D eigenvalue weighted by Gasteiger charge is 2.14. The summed E-state index contributed by atoms with van der Waals surface area (Å²) in [5.74, 6) is 1.09. The maximum Gasteiger partial charge on any atom is 0.226 e. The molecule has 0 radical (unpaired) electrons. The van der Waals surface area contributed by atoms with Crippen LogP contribution in [0.3, 0.4) is 0 Å². The molecule has 1 aliphatic carbocycles. The van der Waals surface area contributed by atoms with E-state index >= 15 is 0 Å². The van der Waals surface area contributed by atoms with Gasteiger partial charge in [-0.05, 0) is 37.1 Å². The summed E-state index contributed by atoms with van der Waals surface area (Å²) in [4.78, 5) is 8.75. The van der Waals surface area contributed by atoms with Gasteiger partial charge in [0.1, 0.15) is 12.1 Å². The molecular formula is C19H25FN4O. The second kappa shape index (κ2) is 8.65. The lowest BCUT2D eigenvalue weighted by Gasteiger charge is -2.24. The molecule has 1 aliphatic rings. The third kappa shape index (κ3) is 5.05. The number of aromatic nitrogens is 1. The summed E-state index contributed by atoms with van der Waals surface area (Å²) >= 11 is 0. The van der Waals surface area contributed by atoms with Crippen LogP contribution in [0.1, 0.15) is 37.8 Å². The van der Waals surface area contributed by atoms with E-state index in [9.17, 15) is 4.39 Å². The van der Waals surface area contributed by atoms with E-state index in [2.05, 4.69) is 20.6 Å². The van der Waals surface area contributed by atoms with E-state index < -0.39 is 0 Å². The highest BCUT2D eigenvalue weighted by atomic mass is 19.1. The maximum absolute atomic E-state index is 13.0. The number of hydrogen-bond donors (Lipinski definition) is 2. The number of rotatable bonds is 5. The highest BCUT2D eigenvalue weighted by molar-refractivity contribution is 5.79. The fourth-order valence-electron chi connectivity index (χ4n) is 3.09. The second-order valence-electron chi connectivity index (χ2n) is 6.38. The Bertz CT molecular complexity index is 690. The fraction of sp³-hybridized carbons (Fsp3) is 0.474. The fourth-order valence-corrected chi connectivity index (χ4v) is 3.09. The molecule has 134 valence electrons. The van der Waals surface area contributed by atoms with Crippen LogP contribution in [0.4, 0.5) is 4.39 Å². The van der Waals surface area contributed by atoms with Gasteiger partial charge in [0.2, 0.25) is 5.89 Å². The highest BCUT2D eigenvalue weighted by Crippen LogP contribution is 2.19. The van der Waals surface area contributed by atoms with Gasteiger partial charge in [0.05, 0.1) is 5.69 Å². The predicted octanol–water partition coefficient (Wildman–Crippen LogP) is 3.52. The van der Waals surface area contributed by atoms with Crippen LogP contribution in [0.5, 0.6) is 0 Å². The molecule has 1 heterocycles. The Balaban J connectivity index is 1.47. The van der Waals surface area contributed by atoms with Gasteiger partial charge < -0.3 is 15.1 Å². The lowest BCUT2D eigenvalue weighted by molar-refractivity contribution is 0.410. The molecule has 0 unspecified atom stereocenters. The normalized spacial score (nSPS) is 16.0. The topological polar surface area (TPSA) is 62.5 Å². The maximum atomic E-state index is 13.0. The average molecular weight is 344 g/mol. The summed E-state index contributed by atoms with van der Waals surface area (Å²) in [5.41, 5.74) is 1.63. The summed E-state index contributed by atoms with van der Waals surface area (Å²) in [6, 6.07) is 6.67. The van der Waals surface area contributed by atoms with Crippen molar-refractivity contribution < 1.29 is 8.81 Å². The van der Waals surface area contributed by atoms with Crippen LogP contribution in [0.2, 0.25) is 0 Å². The van der Waals surface area contributed by atoms with Gasteiger partial charge in [0.15, 0.2) is 5.96 Å². The van der Waals surface area contributed by atoms with Crippen molar-refractivity contribution in [1.29, 1.82) is 0 Å². The van der Waals surface area contributed by atoms with E-state index in [-0.39, 0.29) is 5.82 Å². The molecule has 6 heteroatoms. The molecule has 1 aromatic carbocycles. The van der Waals surface area contributed by atoms with Gasteiger partial charge in [-0.15, -0.1) is 0 Å². The van der Waals surface area contributed by atoms with Crippen molar-refractivity contribution in [2.45, 2.75) is 44.6 Å². The smallest absolute Gasteiger partial charge is 0.226 e. The van der Waals surface area contributed by atoms with Crippen LogP contribution < -0.4 is 10.6 Å². The third-order valence-electron chi connectivity index (χ3n) is 4.49. The third-order valence-corrected chi connectivity index (χ3v) is 4.49. The minimum Gasteiger partial charge on any atom is -0.444 e. The molecule has 5 nitrogen and oxygen atoms in total. The minimum atomic E-state index is -0.267. The number of aliphatic imine (C=N–C) groups is 1. The summed E-state index contributed by atoms with van der Waals surface area (Å²) in [7, 11) is 1.79. The van der Waals surface area contributed by atoms with Crippen LogP contribution in [0.15, 0.2) is 39.9 Å². The molecule has 0 amide bonds. The van der Waals surface area contributed by atoms with Crippen LogP contribution in [0, 0.1) is 5.82 Å². The summed E-state index contributed by atoms with van der Waals surface area (Å²) < 4.78 is 18.5. The number of benzene rings is 1. The Kier molecular flexibility index (Phi) is 6.04. The molecule has 0 atom stereocenters. The van der Waals surface area contributed by atoms with Crippen molar-refractivity contribution >= 4 is 5.96 Å². The van der Waals surface area contributed by atoms with Gasteiger partial charge in [-0.2, -0.15) is 0 Å². The van der Waals surface area contributed by atoms with Gasteiger partial charge >= 0.3 is 0 Å². The minimum absolute atomic E-state index is 0.267. The van der Waals surface area contributed by atoms with Gasteiger partial charge in [-0.3, -0.25) is 4.99 Å². The van der Waals surface area contributed by atoms with Crippen LogP contribution in [0.25, 0.3) is 11.5 Å². The Morgan fingerprint density at radius 3 is 2.72 bits per heavy atom. The van der Waals surface area contributed by atoms with E-state index in [4.69, 9.17) is 4.42 Å². The van der Waals surface area contributed by atoms with E-state index in [0.29, 0.717) is 11.9 Å². The van der Waals surface area contributed by atoms with E-state index in [0.717, 1.165) is 30.2 Å². The molecule has 25 heavy (non-hydrogen) atoms. The molecule has 0 spiro atoms. The first-order chi connectivity index (χ1) is 12.2. The van der Waals surface area contributed by atoms with Crippen LogP contribution >= 0.6 is 0 Å². The molecule has 0 saturated heterocycles. The SMILES string of the molecule is CN=C(NCCc1coc(-c2ccc(F)cc2)n1)NC1CCCCC1. The first kappa shape index (κ1) is 17.5. The number of nitrogens with one attached hydrogen (secondary N) is 2. The molecule has 1 aromatic heterocycles. The van der Waals surface area contributed by atoms with Crippen molar-refractivity contribution in [2.24, 2.45) is 4.99 Å². The number of halogens is 1. The lowest BCUT2D eigenvalue weighted by Crippen LogP contribution is -2.44. The zero-order valence-electron chi connectivity index (χ0n) is 14.6. The largest absolute Gasteiger partial charge is 0.444 e. The van der Waals surface area contributed by atoms with Gasteiger partial charge in [0, 0.05) is 31.6 Å². The number of oxazole rings is 1. The lowest BCUT2D eigenvalue weighted by atomic mass is 9.96. The van der Waals surface area contributed by atoms with Crippen molar-refractivity contribution in [3.63, 3.8) is 0 Å². The van der Waals surface area contributed by atoms with E-state index in [1.165, 1.54) is 44.2 Å². The van der Waals surface area contributed by atoms with Crippen molar-refractivity contribution in [2.75, 3.05) is 13.6 Å². The molecule has 3 rings (SSSR count). The summed E-state index contributed by atoms with van der Waals surface area (Å²) in [5, 5.41) is 6.82.